The number of fused-ring (bicyclic) bond motifs is 1. The van der Waals surface area contributed by atoms with E-state index in [1.54, 1.807) is 14.2 Å². The summed E-state index contributed by atoms with van der Waals surface area (Å²) in [6.07, 6.45) is 0. The number of methoxy groups -OCH3 is 2. The van der Waals surface area contributed by atoms with Gasteiger partial charge in [-0.05, 0) is 12.1 Å². The molecule has 0 aliphatic heterocycles. The summed E-state index contributed by atoms with van der Waals surface area (Å²) >= 11 is 0. The number of oxazole rings is 1. The molecule has 2 aromatic rings. The number of nitrogen functional groups attached to an aromatic ring is 1. The van der Waals surface area contributed by atoms with Crippen LogP contribution in [-0.2, 0) is 16.0 Å². The summed E-state index contributed by atoms with van der Waals surface area (Å²) in [5.41, 5.74) is 7.97. The third kappa shape index (κ3) is 3.69. The summed E-state index contributed by atoms with van der Waals surface area (Å²) in [5.74, 6) is 0.658. The van der Waals surface area contributed by atoms with E-state index in [-0.39, 0.29) is 0 Å². The highest BCUT2D eigenvalue weighted by Gasteiger charge is 2.12. The van der Waals surface area contributed by atoms with E-state index in [1.165, 1.54) is 0 Å². The molecule has 0 aliphatic rings. The number of rotatable bonds is 8. The monoisotopic (exact) mass is 279 g/mol. The second-order valence-electron chi connectivity index (χ2n) is 4.56. The van der Waals surface area contributed by atoms with E-state index in [9.17, 15) is 0 Å². The van der Waals surface area contributed by atoms with E-state index in [4.69, 9.17) is 19.6 Å². The molecule has 0 spiro atoms. The van der Waals surface area contributed by atoms with Gasteiger partial charge in [0, 0.05) is 27.3 Å². The summed E-state index contributed by atoms with van der Waals surface area (Å²) < 4.78 is 16.0. The van der Waals surface area contributed by atoms with Crippen LogP contribution in [0, 0.1) is 0 Å². The minimum atomic E-state index is 0.612. The number of hydrogen-bond acceptors (Lipinski definition) is 6. The number of benzene rings is 1. The standard InChI is InChI=1S/C14H21N3O3/c1-18-8-6-17(7-9-19-2)10-13-16-14-11(15)4-3-5-12(14)20-13/h3-5H,6-10,15H2,1-2H3. The molecule has 6 nitrogen and oxygen atoms in total. The number of hydrogen-bond donors (Lipinski definition) is 1. The first-order valence-electron chi connectivity index (χ1n) is 6.58. The van der Waals surface area contributed by atoms with E-state index < -0.39 is 0 Å². The van der Waals surface area contributed by atoms with Crippen molar-refractivity contribution in [2.45, 2.75) is 6.54 Å². The van der Waals surface area contributed by atoms with Crippen LogP contribution in [0.2, 0.25) is 0 Å². The topological polar surface area (TPSA) is 73.8 Å². The van der Waals surface area contributed by atoms with Gasteiger partial charge in [0.25, 0.3) is 0 Å². The minimum Gasteiger partial charge on any atom is -0.439 e. The number of ether oxygens (including phenoxy) is 2. The largest absolute Gasteiger partial charge is 0.439 e. The molecule has 2 rings (SSSR count). The van der Waals surface area contributed by atoms with Gasteiger partial charge in [0.15, 0.2) is 5.58 Å². The zero-order chi connectivity index (χ0) is 14.4. The van der Waals surface area contributed by atoms with Gasteiger partial charge >= 0.3 is 0 Å². The summed E-state index contributed by atoms with van der Waals surface area (Å²) in [6, 6.07) is 5.55. The Kier molecular flexibility index (Phi) is 5.34. The lowest BCUT2D eigenvalue weighted by Gasteiger charge is -2.19. The molecule has 1 aromatic heterocycles. The van der Waals surface area contributed by atoms with Crippen LogP contribution in [0.4, 0.5) is 5.69 Å². The maximum absolute atomic E-state index is 5.88. The highest BCUT2D eigenvalue weighted by molar-refractivity contribution is 5.85. The van der Waals surface area contributed by atoms with Crippen molar-refractivity contribution in [1.29, 1.82) is 0 Å². The fourth-order valence-corrected chi connectivity index (χ4v) is 1.99. The average molecular weight is 279 g/mol. The second-order valence-corrected chi connectivity index (χ2v) is 4.56. The maximum atomic E-state index is 5.88. The van der Waals surface area contributed by atoms with Gasteiger partial charge in [0.1, 0.15) is 5.52 Å². The van der Waals surface area contributed by atoms with Crippen LogP contribution in [0.3, 0.4) is 0 Å². The highest BCUT2D eigenvalue weighted by Crippen LogP contribution is 2.21. The van der Waals surface area contributed by atoms with E-state index in [0.717, 1.165) is 24.2 Å². The molecule has 0 unspecified atom stereocenters. The smallest absolute Gasteiger partial charge is 0.209 e. The number of nitrogens with two attached hydrogens (primary N) is 1. The Hall–Kier alpha value is -1.63. The van der Waals surface area contributed by atoms with Crippen molar-refractivity contribution in [3.63, 3.8) is 0 Å². The summed E-state index contributed by atoms with van der Waals surface area (Å²) in [4.78, 5) is 6.63. The Labute approximate surface area is 118 Å². The summed E-state index contributed by atoms with van der Waals surface area (Å²) in [7, 11) is 3.38. The quantitative estimate of drug-likeness (QED) is 0.738. The van der Waals surface area contributed by atoms with Crippen molar-refractivity contribution in [2.75, 3.05) is 46.3 Å². The lowest BCUT2D eigenvalue weighted by Crippen LogP contribution is -2.30. The van der Waals surface area contributed by atoms with Gasteiger partial charge in [-0.2, -0.15) is 0 Å². The number of nitrogens with zero attached hydrogens (tertiary/aromatic N) is 2. The average Bonchev–Trinajstić information content (AvgIpc) is 2.86. The molecule has 0 radical (unpaired) electrons. The fourth-order valence-electron chi connectivity index (χ4n) is 1.99. The van der Waals surface area contributed by atoms with Crippen molar-refractivity contribution in [1.82, 2.24) is 9.88 Å². The molecule has 0 amide bonds. The van der Waals surface area contributed by atoms with Crippen molar-refractivity contribution in [3.05, 3.63) is 24.1 Å². The molecule has 0 saturated heterocycles. The predicted molar refractivity (Wildman–Crippen MR) is 77.5 cm³/mol. The molecule has 1 heterocycles. The fraction of sp³-hybridized carbons (Fsp3) is 0.500. The van der Waals surface area contributed by atoms with Gasteiger partial charge in [0.05, 0.1) is 25.4 Å². The lowest BCUT2D eigenvalue weighted by atomic mass is 10.3. The van der Waals surface area contributed by atoms with E-state index >= 15 is 0 Å². The molecule has 0 saturated carbocycles. The molecular weight excluding hydrogens is 258 g/mol. The molecule has 20 heavy (non-hydrogen) atoms. The zero-order valence-corrected chi connectivity index (χ0v) is 12.0. The number of anilines is 1. The Bertz CT molecular complexity index is 533. The second kappa shape index (κ2) is 7.23. The van der Waals surface area contributed by atoms with Crippen molar-refractivity contribution in [3.8, 4) is 0 Å². The van der Waals surface area contributed by atoms with Crippen LogP contribution in [0.25, 0.3) is 11.1 Å². The normalized spacial score (nSPS) is 11.6. The Balaban J connectivity index is 2.08. The Morgan fingerprint density at radius 2 is 1.90 bits per heavy atom. The number of aromatic nitrogens is 1. The zero-order valence-electron chi connectivity index (χ0n) is 12.0. The van der Waals surface area contributed by atoms with Crippen LogP contribution in [-0.4, -0.2) is 50.4 Å². The van der Waals surface area contributed by atoms with Crippen molar-refractivity contribution < 1.29 is 13.9 Å². The van der Waals surface area contributed by atoms with Gasteiger partial charge in [-0.15, -0.1) is 0 Å². The maximum Gasteiger partial charge on any atom is 0.209 e. The van der Waals surface area contributed by atoms with Crippen molar-refractivity contribution in [2.24, 2.45) is 0 Å². The van der Waals surface area contributed by atoms with Gasteiger partial charge < -0.3 is 19.6 Å². The van der Waals surface area contributed by atoms with E-state index in [2.05, 4.69) is 9.88 Å². The van der Waals surface area contributed by atoms with Crippen LogP contribution in [0.5, 0.6) is 0 Å². The SMILES string of the molecule is COCCN(CCOC)Cc1nc2c(N)cccc2o1. The van der Waals surface area contributed by atoms with Gasteiger partial charge in [-0.1, -0.05) is 6.07 Å². The van der Waals surface area contributed by atoms with Gasteiger partial charge in [-0.3, -0.25) is 4.90 Å². The molecule has 110 valence electrons. The summed E-state index contributed by atoms with van der Waals surface area (Å²) in [6.45, 7) is 3.53. The minimum absolute atomic E-state index is 0.612. The number of para-hydroxylation sites is 1. The van der Waals surface area contributed by atoms with Crippen LogP contribution in [0.15, 0.2) is 22.6 Å². The molecule has 1 aromatic carbocycles. The molecular formula is C14H21N3O3. The van der Waals surface area contributed by atoms with E-state index in [0.29, 0.717) is 31.3 Å². The Morgan fingerprint density at radius 1 is 1.20 bits per heavy atom. The first-order chi connectivity index (χ1) is 9.74. The molecule has 0 atom stereocenters. The molecule has 0 fully saturated rings. The first kappa shape index (κ1) is 14.8. The first-order valence-corrected chi connectivity index (χ1v) is 6.58. The lowest BCUT2D eigenvalue weighted by molar-refractivity contribution is 0.105. The van der Waals surface area contributed by atoms with Crippen molar-refractivity contribution >= 4 is 16.8 Å². The highest BCUT2D eigenvalue weighted by atomic mass is 16.5. The van der Waals surface area contributed by atoms with Gasteiger partial charge in [-0.25, -0.2) is 4.98 Å². The third-order valence-corrected chi connectivity index (χ3v) is 3.08. The van der Waals surface area contributed by atoms with Crippen LogP contribution in [0.1, 0.15) is 5.89 Å². The van der Waals surface area contributed by atoms with Crippen LogP contribution < -0.4 is 5.73 Å². The van der Waals surface area contributed by atoms with Crippen LogP contribution >= 0.6 is 0 Å². The molecule has 6 heteroatoms. The molecule has 0 aliphatic carbocycles. The third-order valence-electron chi connectivity index (χ3n) is 3.08. The predicted octanol–water partition coefficient (Wildman–Crippen LogP) is 1.50. The van der Waals surface area contributed by atoms with E-state index in [1.807, 2.05) is 18.2 Å². The summed E-state index contributed by atoms with van der Waals surface area (Å²) in [5, 5.41) is 0. The molecule has 0 bridgehead atoms. The van der Waals surface area contributed by atoms with Gasteiger partial charge in [0.2, 0.25) is 5.89 Å². The molecule has 2 N–H and O–H groups in total. The Morgan fingerprint density at radius 3 is 2.50 bits per heavy atom.